The van der Waals surface area contributed by atoms with Gasteiger partial charge in [-0.3, -0.25) is 0 Å². The lowest BCUT2D eigenvalue weighted by molar-refractivity contribution is -0.253. The Balaban J connectivity index is 0.000000383. The van der Waals surface area contributed by atoms with Gasteiger partial charge in [0.05, 0.1) is 82.1 Å². The summed E-state index contributed by atoms with van der Waals surface area (Å²) in [7, 11) is -5.63. The van der Waals surface area contributed by atoms with Gasteiger partial charge in [0.2, 0.25) is 0 Å². The van der Waals surface area contributed by atoms with Crippen LogP contribution >= 0.6 is 0 Å². The number of benzene rings is 9. The van der Waals surface area contributed by atoms with Gasteiger partial charge in [-0.1, -0.05) is 131 Å². The molecular formula is C90H105F18N3O9S3. The third-order valence-electron chi connectivity index (χ3n) is 17.4. The van der Waals surface area contributed by atoms with Gasteiger partial charge in [-0.25, -0.2) is 53.1 Å². The normalized spacial score (nSPS) is 14.4. The molecule has 0 radical (unpaired) electrons. The molecule has 9 aromatic carbocycles. The van der Waals surface area contributed by atoms with Gasteiger partial charge >= 0.3 is 37.6 Å². The van der Waals surface area contributed by atoms with Crippen LogP contribution in [0.4, 0.5) is 79.0 Å². The fourth-order valence-electron chi connectivity index (χ4n) is 11.8. The van der Waals surface area contributed by atoms with Crippen LogP contribution < -0.4 is 42.6 Å². The summed E-state index contributed by atoms with van der Waals surface area (Å²) in [5.41, 5.74) is -3.09. The highest BCUT2D eigenvalue weighted by molar-refractivity contribution is 7.85. The molecular weight excluding hydrogens is 1710 g/mol. The Labute approximate surface area is 715 Å². The van der Waals surface area contributed by atoms with Gasteiger partial charge in [-0.15, -0.1) is 0 Å². The molecule has 0 aliphatic carbocycles. The molecule has 0 spiro atoms. The van der Waals surface area contributed by atoms with E-state index in [1.807, 2.05) is 0 Å². The largest absolute Gasteiger partial charge is 0.488 e. The van der Waals surface area contributed by atoms with E-state index in [2.05, 4.69) is 28.4 Å². The second-order valence-electron chi connectivity index (χ2n) is 31.5. The Morgan fingerprint density at radius 2 is 0.512 bits per heavy atom. The van der Waals surface area contributed by atoms with E-state index in [-0.39, 0.29) is 110 Å². The molecule has 3 N–H and O–H groups in total. The lowest BCUT2D eigenvalue weighted by atomic mass is 9.78. The van der Waals surface area contributed by atoms with Gasteiger partial charge in [0.25, 0.3) is 0 Å². The molecule has 0 fully saturated rings. The summed E-state index contributed by atoms with van der Waals surface area (Å²) in [6, 6.07) is 45.2. The molecule has 12 nitrogen and oxygen atoms in total. The molecule has 9 aromatic rings. The molecule has 9 rings (SSSR count). The minimum atomic E-state index is -4.91. The van der Waals surface area contributed by atoms with Gasteiger partial charge in [-0.05, 0) is 246 Å². The highest BCUT2D eigenvalue weighted by Crippen LogP contribution is 2.45. The van der Waals surface area contributed by atoms with Crippen molar-refractivity contribution in [2.45, 2.75) is 232 Å². The van der Waals surface area contributed by atoms with Crippen LogP contribution in [-0.2, 0) is 68.8 Å². The van der Waals surface area contributed by atoms with Gasteiger partial charge < -0.3 is 28.4 Å². The lowest BCUT2D eigenvalue weighted by Gasteiger charge is -2.38. The van der Waals surface area contributed by atoms with E-state index in [9.17, 15) is 78.5 Å². The maximum Gasteiger partial charge on any atom is 0.461 e. The number of ether oxygens (including phenoxy) is 6. The predicted molar refractivity (Wildman–Crippen MR) is 446 cm³/mol. The Kier molecular flexibility index (Phi) is 37.7. The van der Waals surface area contributed by atoms with Crippen molar-refractivity contribution in [2.75, 3.05) is 0 Å². The summed E-state index contributed by atoms with van der Waals surface area (Å²) >= 11 is 0. The van der Waals surface area contributed by atoms with Gasteiger partial charge in [-0.2, -0.15) is 52.7 Å². The zero-order valence-electron chi connectivity index (χ0n) is 67.8. The molecule has 123 heavy (non-hydrogen) atoms. The van der Waals surface area contributed by atoms with Crippen molar-refractivity contribution in [1.82, 2.24) is 14.2 Å². The van der Waals surface area contributed by atoms with Crippen molar-refractivity contribution in [3.05, 3.63) is 285 Å². The highest BCUT2D eigenvalue weighted by atomic mass is 32.2. The minimum Gasteiger partial charge on any atom is -0.488 e. The summed E-state index contributed by atoms with van der Waals surface area (Å²) in [6.07, 6.45) is -28.5. The quantitative estimate of drug-likeness (QED) is 0.0343. The van der Waals surface area contributed by atoms with Gasteiger partial charge in [0.1, 0.15) is 34.7 Å². The van der Waals surface area contributed by atoms with Crippen molar-refractivity contribution in [2.24, 2.45) is 0 Å². The topological polar surface area (TPSA) is 143 Å². The number of nitrogens with one attached hydrogen (secondary N) is 3. The predicted octanol–water partition coefficient (Wildman–Crippen LogP) is 24.5. The summed E-state index contributed by atoms with van der Waals surface area (Å²) in [5, 5.41) is 0. The summed E-state index contributed by atoms with van der Waals surface area (Å²) in [6.45, 7) is 25.3. The molecule has 0 saturated heterocycles. The van der Waals surface area contributed by atoms with Crippen molar-refractivity contribution in [1.29, 1.82) is 0 Å². The Morgan fingerprint density at radius 3 is 0.691 bits per heavy atom. The fourth-order valence-corrected chi connectivity index (χ4v) is 14.6. The molecule has 0 aliphatic rings. The van der Waals surface area contributed by atoms with Gasteiger partial charge in [0, 0.05) is 18.2 Å². The van der Waals surface area contributed by atoms with Gasteiger partial charge in [0.15, 0.2) is 34.7 Å². The average Bonchev–Trinajstić information content (AvgIpc) is 0.761. The molecule has 1 unspecified atom stereocenters. The molecule has 0 bridgehead atoms. The Morgan fingerprint density at radius 1 is 0.301 bits per heavy atom. The molecule has 6 atom stereocenters. The molecule has 0 aromatic heterocycles. The van der Waals surface area contributed by atoms with E-state index in [0.717, 1.165) is 54.6 Å². The molecule has 678 valence electrons. The molecule has 33 heteroatoms. The zero-order chi connectivity index (χ0) is 89.6. The van der Waals surface area contributed by atoms with Crippen LogP contribution in [0, 0.1) is 34.9 Å². The Bertz CT molecular complexity index is 4480. The first kappa shape index (κ1) is 106. The summed E-state index contributed by atoms with van der Waals surface area (Å²) in [5.74, 6) is -8.44. The number of halogens is 18. The van der Waals surface area contributed by atoms with Crippen LogP contribution in [0.3, 0.4) is 0 Å². The van der Waals surface area contributed by atoms with Crippen molar-refractivity contribution >= 4 is 33.0 Å². The maximum atomic E-state index is 15.3. The molecule has 0 heterocycles. The van der Waals surface area contributed by atoms with E-state index >= 15 is 13.2 Å². The number of rotatable bonds is 33. The third kappa shape index (κ3) is 29.0. The number of alkyl halides is 12. The first-order chi connectivity index (χ1) is 55.6. The van der Waals surface area contributed by atoms with Crippen LogP contribution in [0.1, 0.15) is 176 Å². The van der Waals surface area contributed by atoms with E-state index in [0.29, 0.717) is 34.9 Å². The Hall–Kier alpha value is -9.15. The maximum absolute atomic E-state index is 15.3. The second-order valence-corrected chi connectivity index (χ2v) is 37.4. The van der Waals surface area contributed by atoms with Crippen LogP contribution in [0.25, 0.3) is 0 Å². The average molecular weight is 1810 g/mol. The smallest absolute Gasteiger partial charge is 0.461 e. The number of hydrogen-bond acceptors (Lipinski definition) is 9. The first-order valence-corrected chi connectivity index (χ1v) is 40.6. The third-order valence-corrected chi connectivity index (χ3v) is 22.3. The van der Waals surface area contributed by atoms with E-state index in [1.54, 1.807) is 195 Å². The highest BCUT2D eigenvalue weighted by Gasteiger charge is 2.49. The zero-order valence-corrected chi connectivity index (χ0v) is 70.3. The molecule has 0 aliphatic heterocycles. The van der Waals surface area contributed by atoms with E-state index in [1.165, 1.54) is 36.4 Å². The number of hydrogen-bond donors (Lipinski definition) is 3. The first-order valence-electron chi connectivity index (χ1n) is 37.2. The molecule has 0 amide bonds. The SMILES string of the molecule is C.C.C.CC(C)Oc1ccc(C(Cc2ccccc2)(N[S@](=O)C(C)(C)C)c2cc(F)cc(OC(F)(F)C(F)F)c2)cc1F.CC(C)Oc1ccc([C@@](Cc2ccccc2)(N[S@](=O)C(C)(C)C)c2cc(F)cc(OC(F)(F)C(F)F)c2)cc1F.CC(C)Oc1ccc([C@](Cc2ccccc2)(N[S@](=O)C(C)(C)C)c2cc(F)cc(OC(F)(F)C(F)F)c2)cc1F. The van der Waals surface area contributed by atoms with Crippen molar-refractivity contribution < 1.29 is 120 Å². The molecule has 0 saturated carbocycles. The van der Waals surface area contributed by atoms with Crippen LogP contribution in [-0.4, -0.2) is 82.8 Å². The summed E-state index contributed by atoms with van der Waals surface area (Å²) < 4.78 is 327. The van der Waals surface area contributed by atoms with Crippen LogP contribution in [0.15, 0.2) is 200 Å². The van der Waals surface area contributed by atoms with Crippen LogP contribution in [0.5, 0.6) is 34.5 Å². The fraction of sp³-hybridized carbons (Fsp3) is 0.400. The lowest BCUT2D eigenvalue weighted by Crippen LogP contribution is -2.50. The van der Waals surface area contributed by atoms with Crippen molar-refractivity contribution in [3.8, 4) is 34.5 Å². The monoisotopic (exact) mass is 1810 g/mol. The second kappa shape index (κ2) is 43.6. The minimum absolute atomic E-state index is 0. The van der Waals surface area contributed by atoms with E-state index in [4.69, 9.17) is 14.2 Å². The van der Waals surface area contributed by atoms with Crippen LogP contribution in [0.2, 0.25) is 0 Å². The summed E-state index contributed by atoms with van der Waals surface area (Å²) in [4.78, 5) is 0. The van der Waals surface area contributed by atoms with Crippen molar-refractivity contribution in [3.63, 3.8) is 0 Å². The standard InChI is InChI=1S/3C29H31F6NO3S.3CH4/c3*1-18(2)38-25-12-11-20(15-24(25)31)28(36-40(37)27(3,4)5,17-19-9-7-6-8-10-19)21-13-22(30)16-23(14-21)39-29(34,35)26(32)33;;;/h3*6-16,18,26,36H,17H2,1-5H3;3*1H4/t28?,40-;28-,40+;28-,40-;;;/m101.../s1. The van der Waals surface area contributed by atoms with E-state index < -0.39 is 154 Å².